The van der Waals surface area contributed by atoms with Gasteiger partial charge in [0.25, 0.3) is 0 Å². The van der Waals surface area contributed by atoms with Gasteiger partial charge in [0.05, 0.1) is 12.2 Å². The van der Waals surface area contributed by atoms with Crippen LogP contribution in [0.15, 0.2) is 24.3 Å². The van der Waals surface area contributed by atoms with E-state index < -0.39 is 0 Å². The molecule has 1 aromatic rings. The first kappa shape index (κ1) is 27.5. The minimum Gasteiger partial charge on any atom is -0.462 e. The molecule has 0 fully saturated rings. The van der Waals surface area contributed by atoms with Crippen molar-refractivity contribution >= 4 is 11.7 Å². The van der Waals surface area contributed by atoms with E-state index in [1.165, 1.54) is 109 Å². The molecule has 0 aliphatic carbocycles. The van der Waals surface area contributed by atoms with Crippen LogP contribution in [0.2, 0.25) is 0 Å². The molecule has 1 N–H and O–H groups in total. The van der Waals surface area contributed by atoms with Gasteiger partial charge < -0.3 is 10.1 Å². The lowest BCUT2D eigenvalue weighted by Gasteiger charge is -2.07. The average molecular weight is 432 g/mol. The molecule has 0 spiro atoms. The fraction of sp³-hybridized carbons (Fsp3) is 0.750. The highest BCUT2D eigenvalue weighted by molar-refractivity contribution is 5.89. The fourth-order valence-corrected chi connectivity index (χ4v) is 4.02. The van der Waals surface area contributed by atoms with Crippen molar-refractivity contribution in [1.29, 1.82) is 0 Å². The molecule has 0 amide bonds. The summed E-state index contributed by atoms with van der Waals surface area (Å²) in [7, 11) is 0. The zero-order valence-electron chi connectivity index (χ0n) is 20.6. The number of anilines is 1. The Kier molecular flexibility index (Phi) is 18.1. The Balaban J connectivity index is 1.82. The first-order chi connectivity index (χ1) is 15.3. The number of carbonyl (C=O) groups excluding carboxylic acids is 1. The summed E-state index contributed by atoms with van der Waals surface area (Å²) >= 11 is 0. The number of rotatable bonds is 21. The molecule has 0 saturated heterocycles. The zero-order chi connectivity index (χ0) is 22.4. The van der Waals surface area contributed by atoms with Crippen molar-refractivity contribution in [3.05, 3.63) is 29.8 Å². The van der Waals surface area contributed by atoms with Gasteiger partial charge in [-0.25, -0.2) is 4.79 Å². The van der Waals surface area contributed by atoms with Crippen LogP contribution in [0.3, 0.4) is 0 Å². The minimum atomic E-state index is -0.248. The van der Waals surface area contributed by atoms with Gasteiger partial charge in [-0.1, -0.05) is 110 Å². The zero-order valence-corrected chi connectivity index (χ0v) is 20.6. The maximum Gasteiger partial charge on any atom is 0.338 e. The number of benzene rings is 1. The van der Waals surface area contributed by atoms with E-state index in [-0.39, 0.29) is 5.97 Å². The van der Waals surface area contributed by atoms with Gasteiger partial charge >= 0.3 is 5.97 Å². The number of hydrogen-bond acceptors (Lipinski definition) is 3. The van der Waals surface area contributed by atoms with Crippen LogP contribution in [0, 0.1) is 0 Å². The first-order valence-corrected chi connectivity index (χ1v) is 13.3. The van der Waals surface area contributed by atoms with Crippen LogP contribution in [0.5, 0.6) is 0 Å². The van der Waals surface area contributed by atoms with E-state index in [4.69, 9.17) is 4.74 Å². The van der Waals surface area contributed by atoms with Crippen molar-refractivity contribution in [3.63, 3.8) is 0 Å². The molecule has 31 heavy (non-hydrogen) atoms. The van der Waals surface area contributed by atoms with E-state index in [2.05, 4.69) is 12.2 Å². The van der Waals surface area contributed by atoms with Crippen molar-refractivity contribution < 1.29 is 9.53 Å². The number of esters is 1. The predicted molar refractivity (Wildman–Crippen MR) is 135 cm³/mol. The van der Waals surface area contributed by atoms with Crippen LogP contribution in [0.4, 0.5) is 5.69 Å². The largest absolute Gasteiger partial charge is 0.462 e. The Hall–Kier alpha value is -1.51. The SMILES string of the molecule is CCCCCCCCCCCCCCCCCCCNc1ccc(C(=O)OCC)cc1. The lowest BCUT2D eigenvalue weighted by molar-refractivity contribution is 0.0526. The molecule has 0 atom stereocenters. The second kappa shape index (κ2) is 20.4. The molecule has 178 valence electrons. The Morgan fingerprint density at radius 2 is 1.06 bits per heavy atom. The molecule has 3 heteroatoms. The number of hydrogen-bond donors (Lipinski definition) is 1. The summed E-state index contributed by atoms with van der Waals surface area (Å²) in [6.45, 7) is 5.53. The van der Waals surface area contributed by atoms with Crippen molar-refractivity contribution in [1.82, 2.24) is 0 Å². The summed E-state index contributed by atoms with van der Waals surface area (Å²) in [4.78, 5) is 11.6. The lowest BCUT2D eigenvalue weighted by Crippen LogP contribution is -2.05. The summed E-state index contributed by atoms with van der Waals surface area (Å²) in [5.41, 5.74) is 1.69. The molecule has 0 saturated carbocycles. The van der Waals surface area contributed by atoms with Crippen molar-refractivity contribution in [2.45, 2.75) is 123 Å². The molecule has 0 radical (unpaired) electrons. The lowest BCUT2D eigenvalue weighted by atomic mass is 10.0. The summed E-state index contributed by atoms with van der Waals surface area (Å²) in [6.07, 6.45) is 23.9. The van der Waals surface area contributed by atoms with Crippen LogP contribution in [0.25, 0.3) is 0 Å². The third-order valence-electron chi connectivity index (χ3n) is 6.01. The molecule has 3 nitrogen and oxygen atoms in total. The highest BCUT2D eigenvalue weighted by Crippen LogP contribution is 2.15. The van der Waals surface area contributed by atoms with Crippen molar-refractivity contribution in [2.75, 3.05) is 18.5 Å². The van der Waals surface area contributed by atoms with Crippen LogP contribution >= 0.6 is 0 Å². The quantitative estimate of drug-likeness (QED) is 0.156. The number of nitrogens with one attached hydrogen (secondary N) is 1. The molecule has 0 heterocycles. The third kappa shape index (κ3) is 15.9. The van der Waals surface area contributed by atoms with Gasteiger partial charge in [-0.2, -0.15) is 0 Å². The van der Waals surface area contributed by atoms with E-state index in [1.54, 1.807) is 0 Å². The Bertz CT molecular complexity index is 526. The van der Waals surface area contributed by atoms with E-state index >= 15 is 0 Å². The van der Waals surface area contributed by atoms with Crippen molar-refractivity contribution in [3.8, 4) is 0 Å². The first-order valence-electron chi connectivity index (χ1n) is 13.3. The summed E-state index contributed by atoms with van der Waals surface area (Å²) < 4.78 is 5.01. The van der Waals surface area contributed by atoms with E-state index in [1.807, 2.05) is 31.2 Å². The van der Waals surface area contributed by atoms with Crippen LogP contribution in [0.1, 0.15) is 133 Å². The molecule has 0 aliphatic heterocycles. The molecule has 1 aromatic carbocycles. The highest BCUT2D eigenvalue weighted by Gasteiger charge is 2.05. The Morgan fingerprint density at radius 3 is 1.48 bits per heavy atom. The molecule has 0 bridgehead atoms. The second-order valence-electron chi connectivity index (χ2n) is 8.88. The molecule has 1 rings (SSSR count). The minimum absolute atomic E-state index is 0.248. The van der Waals surface area contributed by atoms with Gasteiger partial charge in [-0.15, -0.1) is 0 Å². The number of ether oxygens (including phenoxy) is 1. The summed E-state index contributed by atoms with van der Waals surface area (Å²) in [6, 6.07) is 7.57. The molecule has 0 aliphatic rings. The molecule has 0 aromatic heterocycles. The average Bonchev–Trinajstić information content (AvgIpc) is 2.79. The van der Waals surface area contributed by atoms with Gasteiger partial charge in [-0.05, 0) is 37.6 Å². The Labute approximate surface area is 192 Å². The summed E-state index contributed by atoms with van der Waals surface area (Å²) in [5, 5.41) is 3.44. The Morgan fingerprint density at radius 1 is 0.645 bits per heavy atom. The smallest absolute Gasteiger partial charge is 0.338 e. The van der Waals surface area contributed by atoms with Gasteiger partial charge in [0, 0.05) is 12.2 Å². The monoisotopic (exact) mass is 431 g/mol. The van der Waals surface area contributed by atoms with Gasteiger partial charge in [0.1, 0.15) is 0 Å². The maximum atomic E-state index is 11.6. The second-order valence-corrected chi connectivity index (χ2v) is 8.88. The van der Waals surface area contributed by atoms with E-state index in [0.717, 1.165) is 12.2 Å². The molecular formula is C28H49NO2. The van der Waals surface area contributed by atoms with Crippen LogP contribution in [-0.4, -0.2) is 19.1 Å². The van der Waals surface area contributed by atoms with Gasteiger partial charge in [0.2, 0.25) is 0 Å². The van der Waals surface area contributed by atoms with E-state index in [0.29, 0.717) is 12.2 Å². The topological polar surface area (TPSA) is 38.3 Å². The highest BCUT2D eigenvalue weighted by atomic mass is 16.5. The predicted octanol–water partition coefficient (Wildman–Crippen LogP) is 8.93. The maximum absolute atomic E-state index is 11.6. The summed E-state index contributed by atoms with van der Waals surface area (Å²) in [5.74, 6) is -0.248. The number of unbranched alkanes of at least 4 members (excludes halogenated alkanes) is 16. The van der Waals surface area contributed by atoms with Crippen LogP contribution < -0.4 is 5.32 Å². The van der Waals surface area contributed by atoms with Gasteiger partial charge in [0.15, 0.2) is 0 Å². The standard InChI is InChI=1S/C28H49NO2/c1-3-5-6-7-8-9-10-11-12-13-14-15-16-17-18-19-20-25-29-27-23-21-26(22-24-27)28(30)31-4-2/h21-24,29H,3-20,25H2,1-2H3. The molecular weight excluding hydrogens is 382 g/mol. The third-order valence-corrected chi connectivity index (χ3v) is 6.01. The van der Waals surface area contributed by atoms with Gasteiger partial charge in [-0.3, -0.25) is 0 Å². The fourth-order valence-electron chi connectivity index (χ4n) is 4.02. The van der Waals surface area contributed by atoms with Crippen LogP contribution in [-0.2, 0) is 4.74 Å². The van der Waals surface area contributed by atoms with Crippen molar-refractivity contribution in [2.24, 2.45) is 0 Å². The molecule has 0 unspecified atom stereocenters. The number of carbonyl (C=O) groups is 1. The normalized spacial score (nSPS) is 10.9. The van der Waals surface area contributed by atoms with E-state index in [9.17, 15) is 4.79 Å².